The summed E-state index contributed by atoms with van der Waals surface area (Å²) in [5.74, 6) is 0.355. The van der Waals surface area contributed by atoms with E-state index in [9.17, 15) is 14.4 Å². The number of rotatable bonds is 11. The van der Waals surface area contributed by atoms with Crippen molar-refractivity contribution >= 4 is 29.6 Å². The molecule has 1 aliphatic heterocycles. The first-order valence-corrected chi connectivity index (χ1v) is 16.0. The van der Waals surface area contributed by atoms with E-state index in [0.29, 0.717) is 37.1 Å². The van der Waals surface area contributed by atoms with Crippen molar-refractivity contribution in [3.63, 3.8) is 0 Å². The molecule has 3 rings (SSSR count). The first-order valence-electron chi connectivity index (χ1n) is 15.6. The molecule has 0 spiro atoms. The molecule has 236 valence electrons. The Morgan fingerprint density at radius 2 is 1.86 bits per heavy atom. The summed E-state index contributed by atoms with van der Waals surface area (Å²) in [7, 11) is 1.73. The van der Waals surface area contributed by atoms with Gasteiger partial charge in [-0.25, -0.2) is 9.59 Å². The van der Waals surface area contributed by atoms with Gasteiger partial charge in [0.05, 0.1) is 6.10 Å². The zero-order valence-corrected chi connectivity index (χ0v) is 26.9. The maximum Gasteiger partial charge on any atom is 0.410 e. The normalized spacial score (nSPS) is 19.5. The van der Waals surface area contributed by atoms with E-state index in [1.165, 1.54) is 19.3 Å². The van der Waals surface area contributed by atoms with Crippen LogP contribution in [0.2, 0.25) is 5.02 Å². The minimum absolute atomic E-state index is 0.00127. The Balaban J connectivity index is 1.70. The van der Waals surface area contributed by atoms with E-state index < -0.39 is 11.7 Å². The molecule has 2 aliphatic rings. The number of hydrogen-bond donors (Lipinski definition) is 2. The lowest BCUT2D eigenvalue weighted by molar-refractivity contribution is -0.129. The summed E-state index contributed by atoms with van der Waals surface area (Å²) in [4.78, 5) is 42.1. The Hall–Kier alpha value is -2.52. The van der Waals surface area contributed by atoms with Gasteiger partial charge in [-0.15, -0.1) is 0 Å². The highest BCUT2D eigenvalue weighted by Crippen LogP contribution is 2.34. The standard InChI is InChI=1S/C32H51ClN4O5/c1-6-34-28(38)22-41-29(24-14-10-16-26(33)19-24)25-15-11-17-37(20-25)30(39)35-27(18-23-12-8-7-9-13-23)21-36(5)31(40)42-32(2,3)4/h10,14,16,19,23,25,27,29H,6-9,11-13,15,17-18,20-22H2,1-5H3,(H,34,38)(H,35,39)/t25-,27+,29?/m1/s1. The molecule has 4 amide bonds. The highest BCUT2D eigenvalue weighted by molar-refractivity contribution is 6.30. The van der Waals surface area contributed by atoms with Gasteiger partial charge in [-0.3, -0.25) is 4.79 Å². The molecule has 10 heteroatoms. The van der Waals surface area contributed by atoms with Crippen LogP contribution in [0.4, 0.5) is 9.59 Å². The van der Waals surface area contributed by atoms with E-state index in [1.54, 1.807) is 11.9 Å². The van der Waals surface area contributed by atoms with Gasteiger partial charge in [0.1, 0.15) is 12.2 Å². The summed E-state index contributed by atoms with van der Waals surface area (Å²) in [5, 5.41) is 6.65. The van der Waals surface area contributed by atoms with Crippen molar-refractivity contribution in [3.05, 3.63) is 34.9 Å². The van der Waals surface area contributed by atoms with Crippen molar-refractivity contribution in [1.29, 1.82) is 0 Å². The van der Waals surface area contributed by atoms with E-state index in [1.807, 2.05) is 56.9 Å². The predicted octanol–water partition coefficient (Wildman–Crippen LogP) is 6.16. The fourth-order valence-electron chi connectivity index (χ4n) is 6.06. The van der Waals surface area contributed by atoms with Gasteiger partial charge in [-0.2, -0.15) is 0 Å². The Morgan fingerprint density at radius 3 is 2.52 bits per heavy atom. The van der Waals surface area contributed by atoms with E-state index >= 15 is 0 Å². The number of urea groups is 1. The van der Waals surface area contributed by atoms with E-state index in [0.717, 1.165) is 37.7 Å². The van der Waals surface area contributed by atoms with Crippen LogP contribution < -0.4 is 10.6 Å². The smallest absolute Gasteiger partial charge is 0.410 e. The van der Waals surface area contributed by atoms with Gasteiger partial charge in [0.2, 0.25) is 5.91 Å². The number of carbonyl (C=O) groups is 3. The molecule has 1 aromatic rings. The van der Waals surface area contributed by atoms with Gasteiger partial charge < -0.3 is 29.9 Å². The highest BCUT2D eigenvalue weighted by Gasteiger charge is 2.33. The fraction of sp³-hybridized carbons (Fsp3) is 0.719. The molecule has 2 N–H and O–H groups in total. The Labute approximate surface area is 257 Å². The van der Waals surface area contributed by atoms with Crippen molar-refractivity contribution in [3.8, 4) is 0 Å². The van der Waals surface area contributed by atoms with Crippen LogP contribution in [0.15, 0.2) is 24.3 Å². The van der Waals surface area contributed by atoms with Crippen molar-refractivity contribution in [1.82, 2.24) is 20.4 Å². The Morgan fingerprint density at radius 1 is 1.12 bits per heavy atom. The van der Waals surface area contributed by atoms with Crippen LogP contribution in [0.25, 0.3) is 0 Å². The molecule has 9 nitrogen and oxygen atoms in total. The molecule has 0 bridgehead atoms. The third kappa shape index (κ3) is 11.3. The number of likely N-dealkylation sites (N-methyl/N-ethyl adjacent to an activating group) is 2. The number of hydrogen-bond acceptors (Lipinski definition) is 5. The molecule has 1 heterocycles. The summed E-state index contributed by atoms with van der Waals surface area (Å²) in [6.07, 6.45) is 7.73. The summed E-state index contributed by atoms with van der Waals surface area (Å²) in [5.41, 5.74) is 0.308. The summed E-state index contributed by atoms with van der Waals surface area (Å²) in [6, 6.07) is 7.20. The SMILES string of the molecule is CCNC(=O)COC(c1cccc(Cl)c1)[C@@H]1CCCN(C(=O)N[C@@H](CC2CCCCC2)CN(C)C(=O)OC(C)(C)C)C1. The molecule has 1 unspecified atom stereocenters. The number of carbonyl (C=O) groups excluding carboxylic acids is 3. The summed E-state index contributed by atoms with van der Waals surface area (Å²) >= 11 is 6.31. The van der Waals surface area contributed by atoms with Gasteiger partial charge in [-0.05, 0) is 70.6 Å². The van der Waals surface area contributed by atoms with Gasteiger partial charge in [0.15, 0.2) is 0 Å². The molecule has 1 aromatic carbocycles. The molecular formula is C32H51ClN4O5. The number of halogens is 1. The van der Waals surface area contributed by atoms with Crippen LogP contribution in [-0.4, -0.2) is 79.3 Å². The number of ether oxygens (including phenoxy) is 2. The zero-order chi connectivity index (χ0) is 30.7. The third-order valence-corrected chi connectivity index (χ3v) is 8.22. The lowest BCUT2D eigenvalue weighted by atomic mass is 9.84. The molecule has 1 saturated heterocycles. The average Bonchev–Trinajstić information content (AvgIpc) is 2.93. The van der Waals surface area contributed by atoms with Crippen LogP contribution in [-0.2, 0) is 14.3 Å². The van der Waals surface area contributed by atoms with E-state index in [4.69, 9.17) is 21.1 Å². The molecule has 3 atom stereocenters. The Kier molecular flexibility index (Phi) is 13.2. The van der Waals surface area contributed by atoms with Crippen LogP contribution in [0.1, 0.15) is 90.7 Å². The first kappa shape index (κ1) is 34.0. The zero-order valence-electron chi connectivity index (χ0n) is 26.1. The highest BCUT2D eigenvalue weighted by atomic mass is 35.5. The van der Waals surface area contributed by atoms with E-state index in [2.05, 4.69) is 10.6 Å². The Bertz CT molecular complexity index is 1030. The second kappa shape index (κ2) is 16.4. The topological polar surface area (TPSA) is 100 Å². The molecule has 2 fully saturated rings. The monoisotopic (exact) mass is 606 g/mol. The molecule has 1 saturated carbocycles. The largest absolute Gasteiger partial charge is 0.444 e. The van der Waals surface area contributed by atoms with Crippen LogP contribution in [0.5, 0.6) is 0 Å². The van der Waals surface area contributed by atoms with Crippen molar-refractivity contribution in [2.75, 3.05) is 39.8 Å². The van der Waals surface area contributed by atoms with Gasteiger partial charge in [0.25, 0.3) is 0 Å². The number of nitrogens with one attached hydrogen (secondary N) is 2. The van der Waals surface area contributed by atoms with E-state index in [-0.39, 0.29) is 36.6 Å². The molecule has 1 aliphatic carbocycles. The molecular weight excluding hydrogens is 556 g/mol. The third-order valence-electron chi connectivity index (χ3n) is 7.99. The van der Waals surface area contributed by atoms with Crippen molar-refractivity contribution in [2.24, 2.45) is 11.8 Å². The lowest BCUT2D eigenvalue weighted by Crippen LogP contribution is -2.53. The second-order valence-electron chi connectivity index (χ2n) is 12.8. The quantitative estimate of drug-likeness (QED) is 0.314. The lowest BCUT2D eigenvalue weighted by Gasteiger charge is -2.38. The number of benzene rings is 1. The average molecular weight is 607 g/mol. The molecule has 0 aromatic heterocycles. The minimum Gasteiger partial charge on any atom is -0.444 e. The number of likely N-dealkylation sites (tertiary alicyclic amines) is 1. The van der Waals surface area contributed by atoms with Crippen LogP contribution in [0, 0.1) is 11.8 Å². The predicted molar refractivity (Wildman–Crippen MR) is 166 cm³/mol. The number of piperidine rings is 1. The first-order chi connectivity index (χ1) is 19.9. The molecule has 0 radical (unpaired) electrons. The summed E-state index contributed by atoms with van der Waals surface area (Å²) < 4.78 is 11.7. The maximum atomic E-state index is 13.7. The van der Waals surface area contributed by atoms with Gasteiger partial charge in [0, 0.05) is 50.2 Å². The van der Waals surface area contributed by atoms with Crippen molar-refractivity contribution < 1.29 is 23.9 Å². The molecule has 42 heavy (non-hydrogen) atoms. The van der Waals surface area contributed by atoms with Gasteiger partial charge >= 0.3 is 12.1 Å². The number of nitrogens with zero attached hydrogens (tertiary/aromatic N) is 2. The van der Waals surface area contributed by atoms with Crippen LogP contribution >= 0.6 is 11.6 Å². The summed E-state index contributed by atoms with van der Waals surface area (Å²) in [6.45, 7) is 9.42. The second-order valence-corrected chi connectivity index (χ2v) is 13.3. The maximum absolute atomic E-state index is 13.7. The number of amides is 4. The van der Waals surface area contributed by atoms with Crippen molar-refractivity contribution in [2.45, 2.75) is 96.8 Å². The van der Waals surface area contributed by atoms with Crippen LogP contribution in [0.3, 0.4) is 0 Å². The van der Waals surface area contributed by atoms with Gasteiger partial charge in [-0.1, -0.05) is 55.8 Å². The minimum atomic E-state index is -0.588. The fourth-order valence-corrected chi connectivity index (χ4v) is 6.26.